The number of nitrogens with one attached hydrogen (secondary N) is 1. The summed E-state index contributed by atoms with van der Waals surface area (Å²) in [7, 11) is 2.74. The molecule has 0 aromatic heterocycles. The van der Waals surface area contributed by atoms with Crippen LogP contribution >= 0.6 is 0 Å². The van der Waals surface area contributed by atoms with E-state index in [1.165, 1.54) is 37.3 Å². The summed E-state index contributed by atoms with van der Waals surface area (Å²) in [6, 6.07) is 3.78. The van der Waals surface area contributed by atoms with Crippen LogP contribution in [0.3, 0.4) is 0 Å². The largest absolute Gasteiger partial charge is 0.493 e. The average molecular weight is 364 g/mol. The zero-order valence-electron chi connectivity index (χ0n) is 13.7. The van der Waals surface area contributed by atoms with Crippen LogP contribution in [0, 0.1) is 0 Å². The van der Waals surface area contributed by atoms with E-state index >= 15 is 0 Å². The lowest BCUT2D eigenvalue weighted by Gasteiger charge is -2.17. The molecule has 2 amide bonds. The second kappa shape index (κ2) is 9.00. The zero-order chi connectivity index (χ0) is 19.0. The van der Waals surface area contributed by atoms with Crippen LogP contribution in [0.5, 0.6) is 11.5 Å². The highest BCUT2D eigenvalue weighted by molar-refractivity contribution is 5.75. The van der Waals surface area contributed by atoms with Gasteiger partial charge in [-0.15, -0.1) is 0 Å². The maximum absolute atomic E-state index is 12.2. The van der Waals surface area contributed by atoms with Crippen molar-refractivity contribution in [2.75, 3.05) is 27.3 Å². The van der Waals surface area contributed by atoms with E-state index in [2.05, 4.69) is 10.1 Å². The first-order valence-corrected chi connectivity index (χ1v) is 7.19. The molecule has 0 heterocycles. The van der Waals surface area contributed by atoms with Crippen molar-refractivity contribution in [1.29, 1.82) is 0 Å². The minimum atomic E-state index is -4.46. The Hall–Kier alpha value is -2.65. The number of aliphatic carboxylic acids is 1. The van der Waals surface area contributed by atoms with Crippen molar-refractivity contribution in [3.05, 3.63) is 23.8 Å². The average Bonchev–Trinajstić information content (AvgIpc) is 2.54. The number of carboxylic acid groups (broad SMARTS) is 1. The Morgan fingerprint density at radius 2 is 1.96 bits per heavy atom. The molecule has 0 saturated carbocycles. The molecule has 0 spiro atoms. The summed E-state index contributed by atoms with van der Waals surface area (Å²) in [6.07, 6.45) is -4.64. The second-order valence-electron chi connectivity index (χ2n) is 5.11. The van der Waals surface area contributed by atoms with Crippen LogP contribution in [0.25, 0.3) is 0 Å². The van der Waals surface area contributed by atoms with Gasteiger partial charge in [-0.2, -0.15) is 13.2 Å². The number of hydrogen-bond donors (Lipinski definition) is 2. The first-order valence-electron chi connectivity index (χ1n) is 7.19. The lowest BCUT2D eigenvalue weighted by Crippen LogP contribution is -2.37. The van der Waals surface area contributed by atoms with E-state index in [1.54, 1.807) is 0 Å². The highest BCUT2D eigenvalue weighted by atomic mass is 19.4. The molecule has 1 aromatic rings. The SMILES string of the molecule is COc1cc(CNC(=O)N(C)CCC(=O)O)ccc1OCC(F)(F)F. The third-order valence-electron chi connectivity index (χ3n) is 3.07. The Kier molecular flexibility index (Phi) is 7.34. The number of ether oxygens (including phenoxy) is 2. The maximum Gasteiger partial charge on any atom is 0.422 e. The number of carbonyl (C=O) groups is 2. The van der Waals surface area contributed by atoms with E-state index in [-0.39, 0.29) is 31.0 Å². The molecule has 0 aliphatic carbocycles. The fraction of sp³-hybridized carbons (Fsp3) is 0.467. The van der Waals surface area contributed by atoms with Gasteiger partial charge in [0.1, 0.15) is 0 Å². The van der Waals surface area contributed by atoms with Gasteiger partial charge < -0.3 is 24.8 Å². The first kappa shape index (κ1) is 20.4. The Labute approximate surface area is 142 Å². The maximum atomic E-state index is 12.2. The molecule has 0 fully saturated rings. The number of carbonyl (C=O) groups excluding carboxylic acids is 1. The fourth-order valence-corrected chi connectivity index (χ4v) is 1.78. The third-order valence-corrected chi connectivity index (χ3v) is 3.07. The van der Waals surface area contributed by atoms with Gasteiger partial charge >= 0.3 is 18.2 Å². The lowest BCUT2D eigenvalue weighted by atomic mass is 10.2. The molecule has 0 radical (unpaired) electrons. The Morgan fingerprint density at radius 1 is 1.28 bits per heavy atom. The number of hydrogen-bond acceptors (Lipinski definition) is 4. The molecular weight excluding hydrogens is 345 g/mol. The summed E-state index contributed by atoms with van der Waals surface area (Å²) in [5.41, 5.74) is 0.580. The molecule has 0 atom stereocenters. The van der Waals surface area contributed by atoms with Gasteiger partial charge in [0.15, 0.2) is 18.1 Å². The molecule has 0 aliphatic heterocycles. The van der Waals surface area contributed by atoms with Crippen LogP contribution in [0.1, 0.15) is 12.0 Å². The summed E-state index contributed by atoms with van der Waals surface area (Å²) in [5, 5.41) is 11.1. The number of nitrogens with zero attached hydrogens (tertiary/aromatic N) is 1. The summed E-state index contributed by atoms with van der Waals surface area (Å²) < 4.78 is 46.3. The monoisotopic (exact) mass is 364 g/mol. The van der Waals surface area contributed by atoms with Gasteiger partial charge in [-0.05, 0) is 17.7 Å². The number of rotatable bonds is 8. The van der Waals surface area contributed by atoms with E-state index in [4.69, 9.17) is 9.84 Å². The zero-order valence-corrected chi connectivity index (χ0v) is 13.7. The molecular formula is C15H19F3N2O5. The highest BCUT2D eigenvalue weighted by Gasteiger charge is 2.29. The minimum absolute atomic E-state index is 0.0503. The van der Waals surface area contributed by atoms with Crippen molar-refractivity contribution < 1.29 is 37.3 Å². The summed E-state index contributed by atoms with van der Waals surface area (Å²) in [4.78, 5) is 23.5. The molecule has 0 unspecified atom stereocenters. The molecule has 1 rings (SSSR count). The fourth-order valence-electron chi connectivity index (χ4n) is 1.78. The van der Waals surface area contributed by atoms with Gasteiger partial charge in [0.25, 0.3) is 0 Å². The topological polar surface area (TPSA) is 88.1 Å². The van der Waals surface area contributed by atoms with Gasteiger partial charge in [0.2, 0.25) is 0 Å². The summed E-state index contributed by atoms with van der Waals surface area (Å²) >= 11 is 0. The molecule has 2 N–H and O–H groups in total. The Balaban J connectivity index is 2.62. The van der Waals surface area contributed by atoms with Crippen molar-refractivity contribution in [3.8, 4) is 11.5 Å². The molecule has 1 aromatic carbocycles. The summed E-state index contributed by atoms with van der Waals surface area (Å²) in [5.74, 6) is -0.970. The minimum Gasteiger partial charge on any atom is -0.493 e. The van der Waals surface area contributed by atoms with Crippen LogP contribution in [-0.4, -0.2) is 55.5 Å². The van der Waals surface area contributed by atoms with Crippen LogP contribution in [0.15, 0.2) is 18.2 Å². The Morgan fingerprint density at radius 3 is 2.52 bits per heavy atom. The molecule has 25 heavy (non-hydrogen) atoms. The number of alkyl halides is 3. The van der Waals surface area contributed by atoms with Crippen LogP contribution < -0.4 is 14.8 Å². The molecule has 10 heteroatoms. The van der Waals surface area contributed by atoms with E-state index in [0.29, 0.717) is 5.56 Å². The number of carboxylic acids is 1. The van der Waals surface area contributed by atoms with Gasteiger partial charge in [-0.1, -0.05) is 6.07 Å². The van der Waals surface area contributed by atoms with E-state index in [0.717, 1.165) is 0 Å². The van der Waals surface area contributed by atoms with E-state index in [9.17, 15) is 22.8 Å². The molecule has 0 saturated heterocycles. The molecule has 0 bridgehead atoms. The third kappa shape index (κ3) is 7.64. The second-order valence-corrected chi connectivity index (χ2v) is 5.11. The number of urea groups is 1. The van der Waals surface area contributed by atoms with Gasteiger partial charge in [-0.25, -0.2) is 4.79 Å². The van der Waals surface area contributed by atoms with Gasteiger partial charge in [0.05, 0.1) is 13.5 Å². The predicted octanol–water partition coefficient (Wildman–Crippen LogP) is 2.25. The number of methoxy groups -OCH3 is 1. The molecule has 140 valence electrons. The van der Waals surface area contributed by atoms with Gasteiger partial charge in [-0.3, -0.25) is 4.79 Å². The first-order chi connectivity index (χ1) is 11.6. The van der Waals surface area contributed by atoms with Gasteiger partial charge in [0, 0.05) is 20.1 Å². The predicted molar refractivity (Wildman–Crippen MR) is 81.7 cm³/mol. The Bertz CT molecular complexity index is 607. The van der Waals surface area contributed by atoms with Crippen molar-refractivity contribution >= 4 is 12.0 Å². The van der Waals surface area contributed by atoms with E-state index in [1.807, 2.05) is 0 Å². The highest BCUT2D eigenvalue weighted by Crippen LogP contribution is 2.29. The lowest BCUT2D eigenvalue weighted by molar-refractivity contribution is -0.153. The normalized spacial score (nSPS) is 10.9. The quantitative estimate of drug-likeness (QED) is 0.739. The molecule has 0 aliphatic rings. The number of halogens is 3. The number of benzene rings is 1. The summed E-state index contributed by atoms with van der Waals surface area (Å²) in [6.45, 7) is -1.30. The smallest absolute Gasteiger partial charge is 0.422 e. The van der Waals surface area contributed by atoms with Crippen LogP contribution in [-0.2, 0) is 11.3 Å². The standard InChI is InChI=1S/C15H19F3N2O5/c1-20(6-5-13(21)22)14(23)19-8-10-3-4-11(12(7-10)24-2)25-9-15(16,17)18/h3-4,7H,5-6,8-9H2,1-2H3,(H,19,23)(H,21,22). The van der Waals surface area contributed by atoms with Crippen LogP contribution in [0.4, 0.5) is 18.0 Å². The van der Waals surface area contributed by atoms with Crippen LogP contribution in [0.2, 0.25) is 0 Å². The van der Waals surface area contributed by atoms with Crippen molar-refractivity contribution in [1.82, 2.24) is 10.2 Å². The molecule has 7 nitrogen and oxygen atoms in total. The number of amides is 2. The van der Waals surface area contributed by atoms with Crippen molar-refractivity contribution in [2.24, 2.45) is 0 Å². The van der Waals surface area contributed by atoms with Crippen molar-refractivity contribution in [2.45, 2.75) is 19.1 Å². The van der Waals surface area contributed by atoms with Crippen molar-refractivity contribution in [3.63, 3.8) is 0 Å². The van der Waals surface area contributed by atoms with E-state index < -0.39 is 24.8 Å².